The molecule has 0 radical (unpaired) electrons. The van der Waals surface area contributed by atoms with Crippen LogP contribution in [0.1, 0.15) is 13.8 Å². The summed E-state index contributed by atoms with van der Waals surface area (Å²) in [5.74, 6) is 0. The third kappa shape index (κ3) is 15.8. The summed E-state index contributed by atoms with van der Waals surface area (Å²) in [4.78, 5) is 8.81. The summed E-state index contributed by atoms with van der Waals surface area (Å²) >= 11 is 0. The molecule has 1 nitrogen and oxygen atoms in total. The molecular weight excluding hydrogens is 124 g/mol. The number of hydrogen-bond donors (Lipinski definition) is 0. The molecule has 0 heterocycles. The standard InChI is InChI=1S/C7H10.C2H4O/c1-4-6-7(3)5-2;1-2-3/h4-6H,1-2H2,3H3;2H,1H3/b7-6-;. The van der Waals surface area contributed by atoms with Crippen molar-refractivity contribution in [2.45, 2.75) is 13.8 Å². The van der Waals surface area contributed by atoms with Gasteiger partial charge in [-0.3, -0.25) is 0 Å². The van der Waals surface area contributed by atoms with Gasteiger partial charge in [-0.25, -0.2) is 0 Å². The summed E-state index contributed by atoms with van der Waals surface area (Å²) in [7, 11) is 0. The summed E-state index contributed by atoms with van der Waals surface area (Å²) in [5.41, 5.74) is 1.15. The van der Waals surface area contributed by atoms with E-state index in [2.05, 4.69) is 13.2 Å². The monoisotopic (exact) mass is 138 g/mol. The van der Waals surface area contributed by atoms with Crippen LogP contribution in [0.5, 0.6) is 0 Å². The molecule has 1 heteroatoms. The third-order valence-corrected chi connectivity index (χ3v) is 0.703. The average molecular weight is 138 g/mol. The van der Waals surface area contributed by atoms with E-state index in [4.69, 9.17) is 4.79 Å². The van der Waals surface area contributed by atoms with E-state index in [0.29, 0.717) is 0 Å². The maximum absolute atomic E-state index is 8.81. The molecular formula is C9H14O. The van der Waals surface area contributed by atoms with Crippen LogP contribution >= 0.6 is 0 Å². The number of allylic oxidation sites excluding steroid dienone is 4. The maximum Gasteiger partial charge on any atom is 0.116 e. The van der Waals surface area contributed by atoms with Gasteiger partial charge in [0.05, 0.1) is 0 Å². The molecule has 0 atom stereocenters. The van der Waals surface area contributed by atoms with Crippen LogP contribution in [-0.2, 0) is 4.79 Å². The van der Waals surface area contributed by atoms with Crippen LogP contribution in [0.3, 0.4) is 0 Å². The number of carbonyl (C=O) groups excluding carboxylic acids is 1. The Morgan fingerprint density at radius 2 is 1.80 bits per heavy atom. The van der Waals surface area contributed by atoms with Crippen molar-refractivity contribution < 1.29 is 4.79 Å². The third-order valence-electron chi connectivity index (χ3n) is 0.703. The molecule has 0 amide bonds. The maximum atomic E-state index is 8.81. The number of aldehydes is 1. The lowest BCUT2D eigenvalue weighted by Gasteiger charge is -1.80. The van der Waals surface area contributed by atoms with E-state index in [0.717, 1.165) is 11.9 Å². The minimum Gasteiger partial charge on any atom is -0.304 e. The number of hydrogen-bond acceptors (Lipinski definition) is 1. The number of carbonyl (C=O) groups is 1. The first-order valence-electron chi connectivity index (χ1n) is 3.04. The molecule has 0 aromatic carbocycles. The zero-order valence-corrected chi connectivity index (χ0v) is 6.63. The fourth-order valence-electron chi connectivity index (χ4n) is 0.254. The second-order valence-corrected chi connectivity index (χ2v) is 1.59. The van der Waals surface area contributed by atoms with Gasteiger partial charge in [-0.2, -0.15) is 0 Å². The van der Waals surface area contributed by atoms with E-state index >= 15 is 0 Å². The summed E-state index contributed by atoms with van der Waals surface area (Å²) in [6, 6.07) is 0. The Kier molecular flexibility index (Phi) is 12.6. The summed E-state index contributed by atoms with van der Waals surface area (Å²) in [6.07, 6.45) is 6.20. The van der Waals surface area contributed by atoms with Crippen molar-refractivity contribution in [3.05, 3.63) is 37.0 Å². The van der Waals surface area contributed by atoms with Gasteiger partial charge in [-0.05, 0) is 13.8 Å². The molecule has 0 rings (SSSR count). The van der Waals surface area contributed by atoms with E-state index in [-0.39, 0.29) is 0 Å². The molecule has 0 fully saturated rings. The van der Waals surface area contributed by atoms with Gasteiger partial charge >= 0.3 is 0 Å². The lowest BCUT2D eigenvalue weighted by molar-refractivity contribution is -0.106. The quantitative estimate of drug-likeness (QED) is 0.423. The highest BCUT2D eigenvalue weighted by atomic mass is 16.1. The lowest BCUT2D eigenvalue weighted by Crippen LogP contribution is -1.58. The molecule has 0 aliphatic rings. The normalized spacial score (nSPS) is 8.80. The van der Waals surface area contributed by atoms with Crippen LogP contribution in [0.2, 0.25) is 0 Å². The van der Waals surface area contributed by atoms with Gasteiger partial charge in [0.1, 0.15) is 6.29 Å². The van der Waals surface area contributed by atoms with Crippen LogP contribution in [0, 0.1) is 0 Å². The van der Waals surface area contributed by atoms with E-state index in [1.54, 1.807) is 12.2 Å². The Balaban J connectivity index is 0. The van der Waals surface area contributed by atoms with Gasteiger partial charge in [0, 0.05) is 0 Å². The second-order valence-electron chi connectivity index (χ2n) is 1.59. The fourth-order valence-corrected chi connectivity index (χ4v) is 0.254. The van der Waals surface area contributed by atoms with Crippen molar-refractivity contribution >= 4 is 6.29 Å². The minimum absolute atomic E-state index is 0.750. The molecule has 10 heavy (non-hydrogen) atoms. The van der Waals surface area contributed by atoms with Crippen molar-refractivity contribution in [3.8, 4) is 0 Å². The summed E-state index contributed by atoms with van der Waals surface area (Å²) in [5, 5.41) is 0. The van der Waals surface area contributed by atoms with Crippen molar-refractivity contribution in [2.24, 2.45) is 0 Å². The van der Waals surface area contributed by atoms with Crippen LogP contribution in [0.4, 0.5) is 0 Å². The minimum atomic E-state index is 0.750. The SMILES string of the molecule is C=C/C=C(/C)C=C.CC=O. The van der Waals surface area contributed by atoms with Gasteiger partial charge in [0.15, 0.2) is 0 Å². The molecule has 0 saturated carbocycles. The van der Waals surface area contributed by atoms with Crippen molar-refractivity contribution in [1.29, 1.82) is 0 Å². The predicted octanol–water partition coefficient (Wildman–Crippen LogP) is 2.51. The molecule has 0 aliphatic carbocycles. The Labute approximate surface area is 62.8 Å². The van der Waals surface area contributed by atoms with E-state index in [1.807, 2.05) is 13.0 Å². The van der Waals surface area contributed by atoms with Crippen LogP contribution in [0.15, 0.2) is 37.0 Å². The smallest absolute Gasteiger partial charge is 0.116 e. The van der Waals surface area contributed by atoms with E-state index < -0.39 is 0 Å². The first-order valence-corrected chi connectivity index (χ1v) is 3.04. The second kappa shape index (κ2) is 10.8. The van der Waals surface area contributed by atoms with Gasteiger partial charge in [-0.15, -0.1) is 0 Å². The highest BCUT2D eigenvalue weighted by Crippen LogP contribution is 1.90. The largest absolute Gasteiger partial charge is 0.304 e. The highest BCUT2D eigenvalue weighted by molar-refractivity contribution is 5.44. The molecule has 0 aromatic rings. The Morgan fingerprint density at radius 1 is 1.40 bits per heavy atom. The van der Waals surface area contributed by atoms with E-state index in [1.165, 1.54) is 6.92 Å². The summed E-state index contributed by atoms with van der Waals surface area (Å²) in [6.45, 7) is 10.5. The Bertz CT molecular complexity index is 132. The molecule has 0 bridgehead atoms. The van der Waals surface area contributed by atoms with E-state index in [9.17, 15) is 0 Å². The zero-order chi connectivity index (χ0) is 8.41. The highest BCUT2D eigenvalue weighted by Gasteiger charge is 1.68. The molecule has 0 aromatic heterocycles. The zero-order valence-electron chi connectivity index (χ0n) is 6.63. The van der Waals surface area contributed by atoms with Crippen LogP contribution in [-0.4, -0.2) is 6.29 Å². The molecule has 0 aliphatic heterocycles. The fraction of sp³-hybridized carbons (Fsp3) is 0.222. The lowest BCUT2D eigenvalue weighted by atomic mass is 10.3. The Hall–Kier alpha value is -1.11. The van der Waals surface area contributed by atoms with Crippen LogP contribution in [0.25, 0.3) is 0 Å². The average Bonchev–Trinajstić information content (AvgIpc) is 1.90. The van der Waals surface area contributed by atoms with Crippen molar-refractivity contribution in [1.82, 2.24) is 0 Å². The van der Waals surface area contributed by atoms with Gasteiger partial charge < -0.3 is 4.79 Å². The molecule has 0 N–H and O–H groups in total. The van der Waals surface area contributed by atoms with Gasteiger partial charge in [0.25, 0.3) is 0 Å². The topological polar surface area (TPSA) is 17.1 Å². The molecule has 56 valence electrons. The van der Waals surface area contributed by atoms with Crippen LogP contribution < -0.4 is 0 Å². The van der Waals surface area contributed by atoms with Gasteiger partial charge in [0.2, 0.25) is 0 Å². The predicted molar refractivity (Wildman–Crippen MR) is 45.9 cm³/mol. The van der Waals surface area contributed by atoms with Gasteiger partial charge in [-0.1, -0.05) is 37.0 Å². The first kappa shape index (κ1) is 11.7. The molecule has 0 saturated heterocycles. The molecule has 0 spiro atoms. The molecule has 0 unspecified atom stereocenters. The van der Waals surface area contributed by atoms with Crippen molar-refractivity contribution in [3.63, 3.8) is 0 Å². The number of rotatable bonds is 2. The Morgan fingerprint density at radius 3 is 1.90 bits per heavy atom. The van der Waals surface area contributed by atoms with Crippen molar-refractivity contribution in [2.75, 3.05) is 0 Å². The summed E-state index contributed by atoms with van der Waals surface area (Å²) < 4.78 is 0. The first-order chi connectivity index (χ1) is 4.72.